The Labute approximate surface area is 196 Å². The van der Waals surface area contributed by atoms with Crippen LogP contribution >= 0.6 is 12.2 Å². The Morgan fingerprint density at radius 3 is 2.52 bits per heavy atom. The Morgan fingerprint density at radius 2 is 1.88 bits per heavy atom. The van der Waals surface area contributed by atoms with Crippen molar-refractivity contribution in [1.29, 1.82) is 0 Å². The number of benzene rings is 2. The predicted molar refractivity (Wildman–Crippen MR) is 125 cm³/mol. The number of carboxylic acid groups (broad SMARTS) is 1. The number of anilines is 1. The van der Waals surface area contributed by atoms with Gasteiger partial charge in [-0.15, -0.1) is 0 Å². The summed E-state index contributed by atoms with van der Waals surface area (Å²) in [6, 6.07) is 10.1. The van der Waals surface area contributed by atoms with Gasteiger partial charge >= 0.3 is 0 Å². The minimum absolute atomic E-state index is 0.000393. The third-order valence-electron chi connectivity index (χ3n) is 5.06. The number of carboxylic acids is 1. The largest absolute Gasteiger partial charge is 0.546 e. The predicted octanol–water partition coefficient (Wildman–Crippen LogP) is 2.05. The molecule has 0 spiro atoms. The highest BCUT2D eigenvalue weighted by atomic mass is 32.1. The van der Waals surface area contributed by atoms with Crippen LogP contribution in [0.1, 0.15) is 30.5 Å². The lowest BCUT2D eigenvalue weighted by atomic mass is 10.0. The van der Waals surface area contributed by atoms with Gasteiger partial charge in [-0.1, -0.05) is 12.1 Å². The first kappa shape index (κ1) is 23.9. The molecule has 2 aromatic rings. The molecule has 172 valence electrons. The molecule has 9 heteroatoms. The molecule has 0 saturated carbocycles. The summed E-state index contributed by atoms with van der Waals surface area (Å²) in [5.41, 5.74) is 2.97. The first-order valence-corrected chi connectivity index (χ1v) is 10.7. The molecule has 0 aromatic heterocycles. The highest BCUT2D eigenvalue weighted by molar-refractivity contribution is 7.80. The Balaban J connectivity index is 1.98. The molecule has 0 unspecified atom stereocenters. The summed E-state index contributed by atoms with van der Waals surface area (Å²) in [6.45, 7) is 7.28. The first-order chi connectivity index (χ1) is 15.6. The second-order valence-electron chi connectivity index (χ2n) is 7.44. The van der Waals surface area contributed by atoms with Gasteiger partial charge in [0.15, 0.2) is 16.6 Å². The van der Waals surface area contributed by atoms with Crippen LogP contribution in [0.25, 0.3) is 6.08 Å². The number of aliphatic carboxylic acids is 1. The molecule has 1 heterocycles. The van der Waals surface area contributed by atoms with E-state index in [0.29, 0.717) is 17.9 Å². The van der Waals surface area contributed by atoms with Crippen LogP contribution < -0.4 is 24.8 Å². The normalized spacial score (nSPS) is 15.9. The molecule has 0 bridgehead atoms. The van der Waals surface area contributed by atoms with E-state index in [0.717, 1.165) is 11.1 Å². The van der Waals surface area contributed by atoms with E-state index in [1.165, 1.54) is 24.0 Å². The molecule has 1 saturated heterocycles. The number of ether oxygens (including phenoxy) is 2. The van der Waals surface area contributed by atoms with Crippen LogP contribution in [-0.4, -0.2) is 35.6 Å². The summed E-state index contributed by atoms with van der Waals surface area (Å²) < 4.78 is 10.9. The van der Waals surface area contributed by atoms with Crippen LogP contribution in [0.2, 0.25) is 0 Å². The molecule has 33 heavy (non-hydrogen) atoms. The maximum absolute atomic E-state index is 13.2. The molecular weight excluding hydrogens is 444 g/mol. The highest BCUT2D eigenvalue weighted by Crippen LogP contribution is 2.31. The Hall–Kier alpha value is -3.72. The van der Waals surface area contributed by atoms with Gasteiger partial charge < -0.3 is 19.4 Å². The molecule has 1 aliphatic heterocycles. The molecular formula is C24H23N2O6S-. The molecule has 0 radical (unpaired) electrons. The molecule has 2 amide bonds. The van der Waals surface area contributed by atoms with E-state index in [-0.39, 0.29) is 22.2 Å². The van der Waals surface area contributed by atoms with Gasteiger partial charge in [0.1, 0.15) is 11.7 Å². The first-order valence-electron chi connectivity index (χ1n) is 10.3. The minimum atomic E-state index is -1.37. The number of hydrogen-bond donors (Lipinski definition) is 1. The summed E-state index contributed by atoms with van der Waals surface area (Å²) in [7, 11) is 0. The van der Waals surface area contributed by atoms with Gasteiger partial charge in [-0.05, 0) is 86.9 Å². The van der Waals surface area contributed by atoms with Crippen molar-refractivity contribution in [3.8, 4) is 11.5 Å². The van der Waals surface area contributed by atoms with Gasteiger partial charge in [0, 0.05) is 0 Å². The van der Waals surface area contributed by atoms with E-state index in [9.17, 15) is 19.5 Å². The van der Waals surface area contributed by atoms with Crippen LogP contribution in [-0.2, 0) is 14.4 Å². The number of aryl methyl sites for hydroxylation is 2. The maximum atomic E-state index is 13.2. The van der Waals surface area contributed by atoms with Gasteiger partial charge in [-0.2, -0.15) is 0 Å². The van der Waals surface area contributed by atoms with Gasteiger partial charge in [-0.3, -0.25) is 19.8 Å². The summed E-state index contributed by atoms with van der Waals surface area (Å²) >= 11 is 5.25. The summed E-state index contributed by atoms with van der Waals surface area (Å²) in [5.74, 6) is -2.07. The topological polar surface area (TPSA) is 108 Å². The van der Waals surface area contributed by atoms with Crippen molar-refractivity contribution in [2.45, 2.75) is 33.8 Å². The fourth-order valence-corrected chi connectivity index (χ4v) is 3.42. The van der Waals surface area contributed by atoms with Crippen molar-refractivity contribution in [2.24, 2.45) is 0 Å². The fraction of sp³-hybridized carbons (Fsp3) is 0.250. The van der Waals surface area contributed by atoms with Crippen molar-refractivity contribution >= 4 is 46.9 Å². The molecule has 3 rings (SSSR count). The second kappa shape index (κ2) is 9.83. The Morgan fingerprint density at radius 1 is 1.15 bits per heavy atom. The summed E-state index contributed by atoms with van der Waals surface area (Å²) in [6.07, 6.45) is 0.230. The van der Waals surface area contributed by atoms with E-state index in [2.05, 4.69) is 5.32 Å². The zero-order valence-corrected chi connectivity index (χ0v) is 19.4. The molecule has 1 fully saturated rings. The lowest BCUT2D eigenvalue weighted by Gasteiger charge is -2.29. The number of thiocarbonyl (C=S) groups is 1. The van der Waals surface area contributed by atoms with Crippen molar-refractivity contribution < 1.29 is 29.0 Å². The van der Waals surface area contributed by atoms with E-state index >= 15 is 0 Å². The number of carbonyl (C=O) groups is 3. The fourth-order valence-electron chi connectivity index (χ4n) is 3.14. The van der Waals surface area contributed by atoms with E-state index in [1.54, 1.807) is 25.1 Å². The quantitative estimate of drug-likeness (QED) is 0.377. The smallest absolute Gasteiger partial charge is 0.270 e. The van der Waals surface area contributed by atoms with Gasteiger partial charge in [0.2, 0.25) is 0 Å². The number of nitrogens with zero attached hydrogens (tertiary/aromatic N) is 1. The van der Waals surface area contributed by atoms with Crippen LogP contribution in [0, 0.1) is 13.8 Å². The third-order valence-corrected chi connectivity index (χ3v) is 5.35. The van der Waals surface area contributed by atoms with Gasteiger partial charge in [0.05, 0.1) is 18.3 Å². The average molecular weight is 468 g/mol. The third kappa shape index (κ3) is 5.20. The lowest BCUT2D eigenvalue weighted by molar-refractivity contribution is -0.312. The number of nitrogens with one attached hydrogen (secondary N) is 1. The lowest BCUT2D eigenvalue weighted by Crippen LogP contribution is -2.54. The van der Waals surface area contributed by atoms with E-state index in [1.807, 2.05) is 26.0 Å². The molecule has 1 atom stereocenters. The van der Waals surface area contributed by atoms with Crippen LogP contribution in [0.15, 0.2) is 42.0 Å². The standard InChI is InChI=1S/C24H24N2O6S/c1-5-31-20-12-16(7-9-19(20)32-15(4)23(29)30)11-18-21(27)25-24(33)26(22(18)28)17-8-6-13(2)14(3)10-17/h6-12,15H,5H2,1-4H3,(H,29,30)(H,25,27,33)/p-1/b18-11-/t15-/m0/s1. The van der Waals surface area contributed by atoms with Gasteiger partial charge in [0.25, 0.3) is 11.8 Å². The number of rotatable bonds is 7. The Kier molecular flexibility index (Phi) is 7.13. The van der Waals surface area contributed by atoms with Crippen molar-refractivity contribution in [1.82, 2.24) is 5.32 Å². The van der Waals surface area contributed by atoms with Crippen molar-refractivity contribution in [2.75, 3.05) is 11.5 Å². The number of carbonyl (C=O) groups excluding carboxylic acids is 3. The molecule has 0 aliphatic carbocycles. The maximum Gasteiger partial charge on any atom is 0.270 e. The zero-order valence-electron chi connectivity index (χ0n) is 18.6. The van der Waals surface area contributed by atoms with E-state index < -0.39 is 23.9 Å². The molecule has 1 aliphatic rings. The summed E-state index contributed by atoms with van der Waals surface area (Å²) in [4.78, 5) is 38.1. The minimum Gasteiger partial charge on any atom is -0.546 e. The number of amides is 2. The van der Waals surface area contributed by atoms with Crippen molar-refractivity contribution in [3.63, 3.8) is 0 Å². The van der Waals surface area contributed by atoms with Crippen LogP contribution in [0.4, 0.5) is 5.69 Å². The van der Waals surface area contributed by atoms with Gasteiger partial charge in [-0.25, -0.2) is 0 Å². The highest BCUT2D eigenvalue weighted by Gasteiger charge is 2.34. The van der Waals surface area contributed by atoms with Crippen LogP contribution in [0.3, 0.4) is 0 Å². The van der Waals surface area contributed by atoms with E-state index in [4.69, 9.17) is 21.7 Å². The zero-order chi connectivity index (χ0) is 24.3. The molecule has 8 nitrogen and oxygen atoms in total. The SMILES string of the molecule is CCOc1cc(/C=C2/C(=O)NC(=S)N(c3ccc(C)c(C)c3)C2=O)ccc1O[C@@H](C)C(=O)[O-]. The second-order valence-corrected chi connectivity index (χ2v) is 7.83. The Bertz CT molecular complexity index is 1170. The molecule has 1 N–H and O–H groups in total. The van der Waals surface area contributed by atoms with Crippen molar-refractivity contribution in [3.05, 3.63) is 58.7 Å². The molecule has 2 aromatic carbocycles. The number of hydrogen-bond acceptors (Lipinski definition) is 7. The monoisotopic (exact) mass is 467 g/mol. The average Bonchev–Trinajstić information content (AvgIpc) is 2.75. The van der Waals surface area contributed by atoms with Crippen LogP contribution in [0.5, 0.6) is 11.5 Å². The summed E-state index contributed by atoms with van der Waals surface area (Å²) in [5, 5.41) is 13.6.